The van der Waals surface area contributed by atoms with Crippen molar-refractivity contribution in [2.45, 2.75) is 26.0 Å². The van der Waals surface area contributed by atoms with Crippen LogP contribution in [0.1, 0.15) is 17.5 Å². The monoisotopic (exact) mass is 387 g/mol. The van der Waals surface area contributed by atoms with Crippen molar-refractivity contribution < 1.29 is 19.1 Å². The summed E-state index contributed by atoms with van der Waals surface area (Å²) in [7, 11) is 0. The molecule has 0 bridgehead atoms. The summed E-state index contributed by atoms with van der Waals surface area (Å²) in [5.41, 5.74) is 2.06. The van der Waals surface area contributed by atoms with Crippen molar-refractivity contribution in [2.75, 3.05) is 18.6 Å². The third-order valence-corrected chi connectivity index (χ3v) is 4.49. The number of hydrogen-bond donors (Lipinski definition) is 1. The highest BCUT2D eigenvalue weighted by Crippen LogP contribution is 2.09. The molecule has 5 nitrogen and oxygen atoms in total. The maximum Gasteiger partial charge on any atom is 0.329 e. The van der Waals surface area contributed by atoms with Crippen molar-refractivity contribution in [1.82, 2.24) is 5.32 Å². The van der Waals surface area contributed by atoms with Gasteiger partial charge in [-0.2, -0.15) is 11.8 Å². The Hall–Kier alpha value is -2.47. The highest BCUT2D eigenvalue weighted by molar-refractivity contribution is 7.98. The smallest absolute Gasteiger partial charge is 0.329 e. The molecule has 0 aliphatic heterocycles. The largest absolute Gasteiger partial charge is 0.484 e. The minimum Gasteiger partial charge on any atom is -0.484 e. The maximum absolute atomic E-state index is 12.4. The van der Waals surface area contributed by atoms with E-state index in [-0.39, 0.29) is 19.1 Å². The van der Waals surface area contributed by atoms with E-state index in [4.69, 9.17) is 9.47 Å². The van der Waals surface area contributed by atoms with Crippen LogP contribution in [-0.2, 0) is 20.9 Å². The zero-order chi connectivity index (χ0) is 19.5. The fourth-order valence-corrected chi connectivity index (χ4v) is 2.80. The number of ether oxygens (including phenoxy) is 2. The highest BCUT2D eigenvalue weighted by Gasteiger charge is 2.22. The highest BCUT2D eigenvalue weighted by atomic mass is 32.2. The number of aryl methyl sites for hydroxylation is 1. The molecule has 27 heavy (non-hydrogen) atoms. The molecular formula is C21H25NO4S. The van der Waals surface area contributed by atoms with Gasteiger partial charge in [0.25, 0.3) is 5.91 Å². The average Bonchev–Trinajstić information content (AvgIpc) is 2.69. The van der Waals surface area contributed by atoms with Crippen molar-refractivity contribution in [3.8, 4) is 5.75 Å². The molecule has 0 spiro atoms. The summed E-state index contributed by atoms with van der Waals surface area (Å²) in [4.78, 5) is 24.6. The van der Waals surface area contributed by atoms with Crippen LogP contribution in [0.4, 0.5) is 0 Å². The lowest BCUT2D eigenvalue weighted by molar-refractivity contribution is -0.149. The van der Waals surface area contributed by atoms with Gasteiger partial charge in [0, 0.05) is 0 Å². The standard InChI is InChI=1S/C21H25NO4S/c1-16-8-10-17(11-9-16)14-26-21(24)19(12-13-27-2)22-20(23)15-25-18-6-4-3-5-7-18/h3-11,19H,12-15H2,1-2H3,(H,22,23)/t19-/m1/s1. The van der Waals surface area contributed by atoms with Crippen molar-refractivity contribution in [1.29, 1.82) is 0 Å². The molecule has 0 fully saturated rings. The number of para-hydroxylation sites is 1. The van der Waals surface area contributed by atoms with Gasteiger partial charge in [0.2, 0.25) is 0 Å². The van der Waals surface area contributed by atoms with E-state index < -0.39 is 12.0 Å². The number of rotatable bonds is 10. The molecule has 0 heterocycles. The molecule has 1 atom stereocenters. The molecule has 0 unspecified atom stereocenters. The van der Waals surface area contributed by atoms with Crippen LogP contribution in [0.5, 0.6) is 5.75 Å². The van der Waals surface area contributed by atoms with Crippen LogP contribution >= 0.6 is 11.8 Å². The molecular weight excluding hydrogens is 362 g/mol. The van der Waals surface area contributed by atoms with Gasteiger partial charge in [-0.25, -0.2) is 4.79 Å². The van der Waals surface area contributed by atoms with Crippen LogP contribution in [0.2, 0.25) is 0 Å². The first-order valence-electron chi connectivity index (χ1n) is 8.77. The molecule has 1 amide bonds. The molecule has 0 aromatic heterocycles. The summed E-state index contributed by atoms with van der Waals surface area (Å²) in [6.07, 6.45) is 2.46. The third kappa shape index (κ3) is 7.74. The Morgan fingerprint density at radius 3 is 2.44 bits per heavy atom. The Kier molecular flexibility index (Phi) is 8.71. The second-order valence-corrected chi connectivity index (χ2v) is 7.08. The maximum atomic E-state index is 12.4. The van der Waals surface area contributed by atoms with E-state index in [2.05, 4.69) is 5.32 Å². The molecule has 0 aliphatic carbocycles. The molecule has 2 rings (SSSR count). The van der Waals surface area contributed by atoms with Crippen molar-refractivity contribution in [2.24, 2.45) is 0 Å². The summed E-state index contributed by atoms with van der Waals surface area (Å²) in [6.45, 7) is 2.04. The van der Waals surface area contributed by atoms with E-state index in [1.54, 1.807) is 23.9 Å². The second kappa shape index (κ2) is 11.3. The van der Waals surface area contributed by atoms with Crippen molar-refractivity contribution in [3.63, 3.8) is 0 Å². The Bertz CT molecular complexity index is 719. The van der Waals surface area contributed by atoms with Crippen molar-refractivity contribution in [3.05, 3.63) is 65.7 Å². The number of amides is 1. The minimum absolute atomic E-state index is 0.148. The van der Waals surface area contributed by atoms with Crippen LogP contribution < -0.4 is 10.1 Å². The summed E-state index contributed by atoms with van der Waals surface area (Å²) in [6, 6.07) is 16.2. The van der Waals surface area contributed by atoms with Gasteiger partial charge in [-0.05, 0) is 43.0 Å². The van der Waals surface area contributed by atoms with Gasteiger partial charge in [-0.1, -0.05) is 48.0 Å². The first-order valence-corrected chi connectivity index (χ1v) is 10.2. The predicted octanol–water partition coefficient (Wildman–Crippen LogP) is 3.36. The fraction of sp³-hybridized carbons (Fsp3) is 0.333. The summed E-state index contributed by atoms with van der Waals surface area (Å²) >= 11 is 1.61. The lowest BCUT2D eigenvalue weighted by Crippen LogP contribution is -2.44. The van der Waals surface area contributed by atoms with Crippen molar-refractivity contribution >= 4 is 23.6 Å². The normalized spacial score (nSPS) is 11.5. The van der Waals surface area contributed by atoms with E-state index in [9.17, 15) is 9.59 Å². The Balaban J connectivity index is 1.85. The van der Waals surface area contributed by atoms with Gasteiger partial charge in [0.1, 0.15) is 18.4 Å². The molecule has 144 valence electrons. The predicted molar refractivity (Wildman–Crippen MR) is 108 cm³/mol. The quantitative estimate of drug-likeness (QED) is 0.634. The third-order valence-electron chi connectivity index (χ3n) is 3.85. The molecule has 1 N–H and O–H groups in total. The van der Waals surface area contributed by atoms with E-state index in [1.807, 2.05) is 55.6 Å². The molecule has 0 saturated carbocycles. The first-order chi connectivity index (χ1) is 13.1. The van der Waals surface area contributed by atoms with Gasteiger partial charge in [0.15, 0.2) is 6.61 Å². The average molecular weight is 388 g/mol. The number of benzene rings is 2. The zero-order valence-electron chi connectivity index (χ0n) is 15.6. The van der Waals surface area contributed by atoms with Gasteiger partial charge in [-0.15, -0.1) is 0 Å². The number of carbonyl (C=O) groups is 2. The van der Waals surface area contributed by atoms with Crippen LogP contribution in [0.15, 0.2) is 54.6 Å². The molecule has 2 aromatic carbocycles. The number of thioether (sulfide) groups is 1. The van der Waals surface area contributed by atoms with E-state index in [0.29, 0.717) is 12.2 Å². The number of nitrogens with one attached hydrogen (secondary N) is 1. The van der Waals surface area contributed by atoms with Gasteiger partial charge in [0.05, 0.1) is 0 Å². The number of carbonyl (C=O) groups excluding carboxylic acids is 2. The Labute approximate surface area is 164 Å². The van der Waals surface area contributed by atoms with Crippen LogP contribution in [0, 0.1) is 6.92 Å². The SMILES string of the molecule is CSCC[C@@H](NC(=O)COc1ccccc1)C(=O)OCc1ccc(C)cc1. The molecule has 0 aliphatic rings. The van der Waals surface area contributed by atoms with Gasteiger partial charge >= 0.3 is 5.97 Å². The summed E-state index contributed by atoms with van der Waals surface area (Å²) < 4.78 is 10.8. The van der Waals surface area contributed by atoms with Crippen LogP contribution in [-0.4, -0.2) is 36.5 Å². The lowest BCUT2D eigenvalue weighted by Gasteiger charge is -2.17. The van der Waals surface area contributed by atoms with Gasteiger partial charge in [-0.3, -0.25) is 4.79 Å². The topological polar surface area (TPSA) is 64.6 Å². The molecule has 0 radical (unpaired) electrons. The zero-order valence-corrected chi connectivity index (χ0v) is 16.5. The summed E-state index contributed by atoms with van der Waals surface area (Å²) in [5, 5.41) is 2.72. The van der Waals surface area contributed by atoms with E-state index >= 15 is 0 Å². The fourth-order valence-electron chi connectivity index (χ4n) is 2.33. The van der Waals surface area contributed by atoms with Gasteiger partial charge < -0.3 is 14.8 Å². The van der Waals surface area contributed by atoms with E-state index in [1.165, 1.54) is 0 Å². The molecule has 6 heteroatoms. The van der Waals surface area contributed by atoms with Crippen LogP contribution in [0.25, 0.3) is 0 Å². The molecule has 2 aromatic rings. The second-order valence-electron chi connectivity index (χ2n) is 6.10. The first kappa shape index (κ1) is 20.8. The number of hydrogen-bond acceptors (Lipinski definition) is 5. The Morgan fingerprint density at radius 1 is 1.07 bits per heavy atom. The minimum atomic E-state index is -0.685. The summed E-state index contributed by atoms with van der Waals surface area (Å²) in [5.74, 6) is 0.564. The van der Waals surface area contributed by atoms with E-state index in [0.717, 1.165) is 16.9 Å². The Morgan fingerprint density at radius 2 is 1.78 bits per heavy atom. The molecule has 0 saturated heterocycles. The number of esters is 1. The van der Waals surface area contributed by atoms with Crippen LogP contribution in [0.3, 0.4) is 0 Å². The lowest BCUT2D eigenvalue weighted by atomic mass is 10.2.